The van der Waals surface area contributed by atoms with Crippen molar-refractivity contribution in [3.05, 3.63) is 35.4 Å². The number of hydrogen-bond acceptors (Lipinski definition) is 2. The zero-order valence-electron chi connectivity index (χ0n) is 11.9. The van der Waals surface area contributed by atoms with Crippen LogP contribution in [0.2, 0.25) is 0 Å². The molecule has 1 N–H and O–H groups in total. The second kappa shape index (κ2) is 6.35. The average Bonchev–Trinajstić information content (AvgIpc) is 2.38. The minimum atomic E-state index is 0.745. The van der Waals surface area contributed by atoms with Crippen LogP contribution in [0, 0.1) is 11.8 Å². The van der Waals surface area contributed by atoms with Crippen LogP contribution in [0.5, 0.6) is 0 Å². The molecule has 1 heterocycles. The van der Waals surface area contributed by atoms with Crippen LogP contribution in [-0.2, 0) is 13.0 Å². The SMILES string of the molecule is CNCC(CN1CCc2ccccc2C1)C(C)C. The molecule has 0 spiro atoms. The number of hydrogen-bond donors (Lipinski definition) is 1. The lowest BCUT2D eigenvalue weighted by Gasteiger charge is -2.33. The molecule has 0 fully saturated rings. The van der Waals surface area contributed by atoms with Crippen molar-refractivity contribution in [3.63, 3.8) is 0 Å². The fraction of sp³-hybridized carbons (Fsp3) is 0.625. The monoisotopic (exact) mass is 246 g/mol. The van der Waals surface area contributed by atoms with Crippen molar-refractivity contribution < 1.29 is 0 Å². The Balaban J connectivity index is 1.96. The summed E-state index contributed by atoms with van der Waals surface area (Å²) in [6, 6.07) is 8.88. The summed E-state index contributed by atoms with van der Waals surface area (Å²) < 4.78 is 0. The van der Waals surface area contributed by atoms with Crippen LogP contribution in [0.15, 0.2) is 24.3 Å². The van der Waals surface area contributed by atoms with Gasteiger partial charge in [-0.15, -0.1) is 0 Å². The minimum absolute atomic E-state index is 0.745. The molecule has 0 bridgehead atoms. The summed E-state index contributed by atoms with van der Waals surface area (Å²) in [6.07, 6.45) is 1.21. The molecule has 1 unspecified atom stereocenters. The molecule has 0 radical (unpaired) electrons. The lowest BCUT2D eigenvalue weighted by atomic mass is 9.93. The number of benzene rings is 1. The molecule has 2 heteroatoms. The van der Waals surface area contributed by atoms with Gasteiger partial charge in [-0.05, 0) is 43.0 Å². The van der Waals surface area contributed by atoms with Gasteiger partial charge in [0.15, 0.2) is 0 Å². The Hall–Kier alpha value is -0.860. The van der Waals surface area contributed by atoms with Gasteiger partial charge in [0.1, 0.15) is 0 Å². The molecule has 2 rings (SSSR count). The Bertz CT molecular complexity index is 373. The number of fused-ring (bicyclic) bond motifs is 1. The number of nitrogens with zero attached hydrogens (tertiary/aromatic N) is 1. The third-order valence-corrected chi connectivity index (χ3v) is 4.11. The first-order valence-electron chi connectivity index (χ1n) is 7.14. The quantitative estimate of drug-likeness (QED) is 0.859. The van der Waals surface area contributed by atoms with E-state index >= 15 is 0 Å². The van der Waals surface area contributed by atoms with Crippen molar-refractivity contribution in [1.29, 1.82) is 0 Å². The van der Waals surface area contributed by atoms with Crippen LogP contribution in [0.1, 0.15) is 25.0 Å². The molecule has 100 valence electrons. The third-order valence-electron chi connectivity index (χ3n) is 4.11. The summed E-state index contributed by atoms with van der Waals surface area (Å²) in [5.74, 6) is 1.50. The maximum Gasteiger partial charge on any atom is 0.0236 e. The summed E-state index contributed by atoms with van der Waals surface area (Å²) in [7, 11) is 2.06. The fourth-order valence-electron chi connectivity index (χ4n) is 2.81. The highest BCUT2D eigenvalue weighted by atomic mass is 15.1. The van der Waals surface area contributed by atoms with E-state index in [1.807, 2.05) is 0 Å². The average molecular weight is 246 g/mol. The molecule has 1 aliphatic heterocycles. The van der Waals surface area contributed by atoms with E-state index in [1.54, 1.807) is 5.56 Å². The smallest absolute Gasteiger partial charge is 0.0236 e. The van der Waals surface area contributed by atoms with Gasteiger partial charge in [0.25, 0.3) is 0 Å². The minimum Gasteiger partial charge on any atom is -0.319 e. The second-order valence-corrected chi connectivity index (χ2v) is 5.82. The predicted octanol–water partition coefficient (Wildman–Crippen LogP) is 2.54. The van der Waals surface area contributed by atoms with Crippen molar-refractivity contribution in [2.75, 3.05) is 26.7 Å². The molecule has 0 saturated heterocycles. The summed E-state index contributed by atoms with van der Waals surface area (Å²) in [4.78, 5) is 2.62. The van der Waals surface area contributed by atoms with Crippen LogP contribution < -0.4 is 5.32 Å². The van der Waals surface area contributed by atoms with Crippen molar-refractivity contribution in [1.82, 2.24) is 10.2 Å². The zero-order chi connectivity index (χ0) is 13.0. The normalized spacial score (nSPS) is 17.8. The molecule has 1 aliphatic rings. The van der Waals surface area contributed by atoms with Gasteiger partial charge in [-0.3, -0.25) is 4.90 Å². The van der Waals surface area contributed by atoms with Gasteiger partial charge in [-0.1, -0.05) is 38.1 Å². The van der Waals surface area contributed by atoms with Gasteiger partial charge in [-0.2, -0.15) is 0 Å². The van der Waals surface area contributed by atoms with E-state index < -0.39 is 0 Å². The third kappa shape index (κ3) is 3.33. The van der Waals surface area contributed by atoms with Gasteiger partial charge in [0, 0.05) is 19.6 Å². The van der Waals surface area contributed by atoms with E-state index in [-0.39, 0.29) is 0 Å². The van der Waals surface area contributed by atoms with E-state index in [1.165, 1.54) is 25.1 Å². The fourth-order valence-corrected chi connectivity index (χ4v) is 2.81. The zero-order valence-corrected chi connectivity index (χ0v) is 11.9. The molecule has 0 amide bonds. The number of nitrogens with one attached hydrogen (secondary N) is 1. The largest absolute Gasteiger partial charge is 0.319 e. The Labute approximate surface area is 111 Å². The number of rotatable bonds is 5. The lowest BCUT2D eigenvalue weighted by molar-refractivity contribution is 0.185. The summed E-state index contributed by atoms with van der Waals surface area (Å²) in [5, 5.41) is 3.33. The summed E-state index contributed by atoms with van der Waals surface area (Å²) in [5.41, 5.74) is 3.07. The van der Waals surface area contributed by atoms with E-state index in [2.05, 4.69) is 55.4 Å². The van der Waals surface area contributed by atoms with Crippen LogP contribution in [0.4, 0.5) is 0 Å². The molecule has 1 aromatic carbocycles. The molecule has 1 aromatic rings. The Morgan fingerprint density at radius 2 is 1.94 bits per heavy atom. The molecular formula is C16H26N2. The molecule has 0 saturated carbocycles. The second-order valence-electron chi connectivity index (χ2n) is 5.82. The molecular weight excluding hydrogens is 220 g/mol. The maximum absolute atomic E-state index is 3.33. The van der Waals surface area contributed by atoms with E-state index in [4.69, 9.17) is 0 Å². The van der Waals surface area contributed by atoms with Gasteiger partial charge < -0.3 is 5.32 Å². The first-order valence-corrected chi connectivity index (χ1v) is 7.14. The highest BCUT2D eigenvalue weighted by molar-refractivity contribution is 5.29. The highest BCUT2D eigenvalue weighted by Crippen LogP contribution is 2.21. The predicted molar refractivity (Wildman–Crippen MR) is 77.7 cm³/mol. The summed E-state index contributed by atoms with van der Waals surface area (Å²) >= 11 is 0. The van der Waals surface area contributed by atoms with E-state index in [0.717, 1.165) is 24.9 Å². The van der Waals surface area contributed by atoms with Crippen LogP contribution in [0.25, 0.3) is 0 Å². The van der Waals surface area contributed by atoms with E-state index in [0.29, 0.717) is 0 Å². The molecule has 1 atom stereocenters. The summed E-state index contributed by atoms with van der Waals surface area (Å²) in [6.45, 7) is 9.34. The first-order chi connectivity index (χ1) is 8.70. The van der Waals surface area contributed by atoms with Crippen molar-refractivity contribution in [3.8, 4) is 0 Å². The van der Waals surface area contributed by atoms with Crippen molar-refractivity contribution in [2.24, 2.45) is 11.8 Å². The maximum atomic E-state index is 3.33. The van der Waals surface area contributed by atoms with Crippen LogP contribution in [0.3, 0.4) is 0 Å². The van der Waals surface area contributed by atoms with Gasteiger partial charge in [0.05, 0.1) is 0 Å². The molecule has 18 heavy (non-hydrogen) atoms. The van der Waals surface area contributed by atoms with Crippen LogP contribution in [-0.4, -0.2) is 31.6 Å². The van der Waals surface area contributed by atoms with Gasteiger partial charge in [-0.25, -0.2) is 0 Å². The Morgan fingerprint density at radius 1 is 1.22 bits per heavy atom. The Kier molecular flexibility index (Phi) is 4.79. The Morgan fingerprint density at radius 3 is 2.61 bits per heavy atom. The van der Waals surface area contributed by atoms with Gasteiger partial charge >= 0.3 is 0 Å². The lowest BCUT2D eigenvalue weighted by Crippen LogP contribution is -2.39. The van der Waals surface area contributed by atoms with Crippen molar-refractivity contribution in [2.45, 2.75) is 26.8 Å². The molecule has 2 nitrogen and oxygen atoms in total. The van der Waals surface area contributed by atoms with Gasteiger partial charge in [0.2, 0.25) is 0 Å². The first kappa shape index (κ1) is 13.6. The van der Waals surface area contributed by atoms with E-state index in [9.17, 15) is 0 Å². The molecule has 0 aliphatic carbocycles. The van der Waals surface area contributed by atoms with Crippen LogP contribution >= 0.6 is 0 Å². The highest BCUT2D eigenvalue weighted by Gasteiger charge is 2.20. The molecule has 0 aromatic heterocycles. The topological polar surface area (TPSA) is 15.3 Å². The standard InChI is InChI=1S/C16H26N2/c1-13(2)16(10-17-3)12-18-9-8-14-6-4-5-7-15(14)11-18/h4-7,13,16-17H,8-12H2,1-3H3. The van der Waals surface area contributed by atoms with Crippen molar-refractivity contribution >= 4 is 0 Å².